The molecule has 0 saturated carbocycles. The van der Waals surface area contributed by atoms with Crippen LogP contribution in [-0.4, -0.2) is 22.6 Å². The number of nitro benzene ring substituents is 1. The van der Waals surface area contributed by atoms with Crippen molar-refractivity contribution in [3.8, 4) is 0 Å². The van der Waals surface area contributed by atoms with Gasteiger partial charge in [-0.25, -0.2) is 0 Å². The maximum absolute atomic E-state index is 11.3. The standard InChI is InChI=1S/C15H24N2O3/c1-4-6-9-16(12(3)5-2)14-8-7-13(11-18)10-15(14)17(19)20/h7-8,10,12,18H,4-6,9,11H2,1-3H3. The van der Waals surface area contributed by atoms with E-state index in [1.54, 1.807) is 12.1 Å². The van der Waals surface area contributed by atoms with E-state index in [-0.39, 0.29) is 23.3 Å². The Morgan fingerprint density at radius 1 is 1.40 bits per heavy atom. The maximum Gasteiger partial charge on any atom is 0.292 e. The molecule has 20 heavy (non-hydrogen) atoms. The minimum atomic E-state index is -0.365. The smallest absolute Gasteiger partial charge is 0.292 e. The van der Waals surface area contributed by atoms with Gasteiger partial charge in [0.15, 0.2) is 0 Å². The highest BCUT2D eigenvalue weighted by atomic mass is 16.6. The van der Waals surface area contributed by atoms with Gasteiger partial charge in [0, 0.05) is 18.7 Å². The number of anilines is 1. The van der Waals surface area contributed by atoms with Crippen LogP contribution in [0.25, 0.3) is 0 Å². The zero-order chi connectivity index (χ0) is 15.1. The first-order valence-corrected chi connectivity index (χ1v) is 7.19. The van der Waals surface area contributed by atoms with Crippen molar-refractivity contribution in [2.75, 3.05) is 11.4 Å². The van der Waals surface area contributed by atoms with E-state index >= 15 is 0 Å². The topological polar surface area (TPSA) is 66.6 Å². The fraction of sp³-hybridized carbons (Fsp3) is 0.600. The van der Waals surface area contributed by atoms with Gasteiger partial charge in [0.1, 0.15) is 5.69 Å². The van der Waals surface area contributed by atoms with E-state index in [9.17, 15) is 10.1 Å². The van der Waals surface area contributed by atoms with Crippen molar-refractivity contribution in [1.82, 2.24) is 0 Å². The second-order valence-electron chi connectivity index (χ2n) is 5.04. The van der Waals surface area contributed by atoms with Gasteiger partial charge in [0.25, 0.3) is 5.69 Å². The van der Waals surface area contributed by atoms with Gasteiger partial charge < -0.3 is 10.0 Å². The molecule has 0 aliphatic rings. The van der Waals surface area contributed by atoms with Crippen molar-refractivity contribution in [2.24, 2.45) is 0 Å². The number of unbranched alkanes of at least 4 members (excludes halogenated alkanes) is 1. The molecule has 0 aromatic heterocycles. The lowest BCUT2D eigenvalue weighted by Gasteiger charge is -2.30. The summed E-state index contributed by atoms with van der Waals surface area (Å²) in [5.41, 5.74) is 1.29. The van der Waals surface area contributed by atoms with Gasteiger partial charge in [-0.05, 0) is 31.4 Å². The van der Waals surface area contributed by atoms with Gasteiger partial charge in [-0.2, -0.15) is 0 Å². The fourth-order valence-corrected chi connectivity index (χ4v) is 2.18. The average molecular weight is 280 g/mol. The Bertz CT molecular complexity index is 449. The molecule has 0 spiro atoms. The molecule has 5 heteroatoms. The zero-order valence-corrected chi connectivity index (χ0v) is 12.5. The van der Waals surface area contributed by atoms with Crippen LogP contribution in [0.3, 0.4) is 0 Å². The molecule has 1 N–H and O–H groups in total. The van der Waals surface area contributed by atoms with Gasteiger partial charge in [0.05, 0.1) is 11.5 Å². The quantitative estimate of drug-likeness (QED) is 0.584. The van der Waals surface area contributed by atoms with E-state index in [2.05, 4.69) is 25.7 Å². The van der Waals surface area contributed by atoms with E-state index in [1.165, 1.54) is 6.07 Å². The molecule has 1 aromatic carbocycles. The number of aliphatic hydroxyl groups excluding tert-OH is 1. The zero-order valence-electron chi connectivity index (χ0n) is 12.5. The average Bonchev–Trinajstić information content (AvgIpc) is 2.47. The number of hydrogen-bond acceptors (Lipinski definition) is 4. The van der Waals surface area contributed by atoms with Crippen molar-refractivity contribution >= 4 is 11.4 Å². The highest BCUT2D eigenvalue weighted by Gasteiger charge is 2.22. The number of benzene rings is 1. The summed E-state index contributed by atoms with van der Waals surface area (Å²) < 4.78 is 0. The van der Waals surface area contributed by atoms with Gasteiger partial charge in [-0.3, -0.25) is 10.1 Å². The lowest BCUT2D eigenvalue weighted by atomic mass is 10.1. The van der Waals surface area contributed by atoms with E-state index in [1.807, 2.05) is 0 Å². The van der Waals surface area contributed by atoms with Crippen LogP contribution in [0.5, 0.6) is 0 Å². The number of nitro groups is 1. The Balaban J connectivity index is 3.20. The Hall–Kier alpha value is -1.62. The Kier molecular flexibility index (Phi) is 6.45. The van der Waals surface area contributed by atoms with Gasteiger partial charge in [-0.15, -0.1) is 0 Å². The van der Waals surface area contributed by atoms with Crippen LogP contribution in [0.2, 0.25) is 0 Å². The summed E-state index contributed by atoms with van der Waals surface area (Å²) in [6.07, 6.45) is 2.99. The van der Waals surface area contributed by atoms with Crippen LogP contribution in [0.15, 0.2) is 18.2 Å². The molecule has 0 radical (unpaired) electrons. The number of nitrogens with zero attached hydrogens (tertiary/aromatic N) is 2. The molecule has 1 rings (SSSR count). The lowest BCUT2D eigenvalue weighted by Crippen LogP contribution is -2.34. The summed E-state index contributed by atoms with van der Waals surface area (Å²) in [5.74, 6) is 0. The molecule has 0 aliphatic heterocycles. The van der Waals surface area contributed by atoms with Crippen LogP contribution in [-0.2, 0) is 6.61 Å². The third-order valence-corrected chi connectivity index (χ3v) is 3.60. The van der Waals surface area contributed by atoms with Gasteiger partial charge in [0.2, 0.25) is 0 Å². The molecule has 0 amide bonds. The molecule has 1 unspecified atom stereocenters. The van der Waals surface area contributed by atoms with E-state index in [0.717, 1.165) is 25.8 Å². The summed E-state index contributed by atoms with van der Waals surface area (Å²) >= 11 is 0. The highest BCUT2D eigenvalue weighted by Crippen LogP contribution is 2.31. The van der Waals surface area contributed by atoms with Crippen molar-refractivity contribution in [2.45, 2.75) is 52.7 Å². The molecule has 0 aliphatic carbocycles. The second-order valence-corrected chi connectivity index (χ2v) is 5.04. The predicted molar refractivity (Wildman–Crippen MR) is 81.0 cm³/mol. The number of rotatable bonds is 8. The normalized spacial score (nSPS) is 12.2. The molecule has 0 heterocycles. The molecule has 0 saturated heterocycles. The first-order chi connectivity index (χ1) is 9.54. The summed E-state index contributed by atoms with van der Waals surface area (Å²) in [6, 6.07) is 5.23. The molecule has 0 fully saturated rings. The lowest BCUT2D eigenvalue weighted by molar-refractivity contribution is -0.384. The first kappa shape index (κ1) is 16.4. The van der Waals surface area contributed by atoms with Gasteiger partial charge >= 0.3 is 0 Å². The SMILES string of the molecule is CCCCN(c1ccc(CO)cc1[N+](=O)[O-])C(C)CC. The fourth-order valence-electron chi connectivity index (χ4n) is 2.18. The second kappa shape index (κ2) is 7.85. The van der Waals surface area contributed by atoms with Crippen LogP contribution < -0.4 is 4.90 Å². The van der Waals surface area contributed by atoms with Crippen molar-refractivity contribution < 1.29 is 10.0 Å². The number of hydrogen-bond donors (Lipinski definition) is 1. The summed E-state index contributed by atoms with van der Waals surface area (Å²) in [7, 11) is 0. The van der Waals surface area contributed by atoms with Crippen molar-refractivity contribution in [3.05, 3.63) is 33.9 Å². The largest absolute Gasteiger partial charge is 0.392 e. The maximum atomic E-state index is 11.3. The Labute approximate surface area is 120 Å². The molecule has 1 aromatic rings. The molecule has 1 atom stereocenters. The third kappa shape index (κ3) is 3.93. The summed E-state index contributed by atoms with van der Waals surface area (Å²) in [4.78, 5) is 13.0. The summed E-state index contributed by atoms with van der Waals surface area (Å²) in [5, 5.41) is 20.4. The monoisotopic (exact) mass is 280 g/mol. The molecular formula is C15H24N2O3. The van der Waals surface area contributed by atoms with Crippen LogP contribution in [0.4, 0.5) is 11.4 Å². The van der Waals surface area contributed by atoms with Gasteiger partial charge in [-0.1, -0.05) is 26.3 Å². The molecule has 5 nitrogen and oxygen atoms in total. The van der Waals surface area contributed by atoms with Crippen LogP contribution >= 0.6 is 0 Å². The van der Waals surface area contributed by atoms with Crippen LogP contribution in [0, 0.1) is 10.1 Å². The minimum Gasteiger partial charge on any atom is -0.392 e. The van der Waals surface area contributed by atoms with Crippen LogP contribution in [0.1, 0.15) is 45.6 Å². The number of aliphatic hydroxyl groups is 1. The van der Waals surface area contributed by atoms with E-state index < -0.39 is 0 Å². The Morgan fingerprint density at radius 3 is 2.60 bits per heavy atom. The summed E-state index contributed by atoms with van der Waals surface area (Å²) in [6.45, 7) is 6.90. The van der Waals surface area contributed by atoms with Crippen molar-refractivity contribution in [3.63, 3.8) is 0 Å². The van der Waals surface area contributed by atoms with Crippen molar-refractivity contribution in [1.29, 1.82) is 0 Å². The van der Waals surface area contributed by atoms with E-state index in [0.29, 0.717) is 11.3 Å². The third-order valence-electron chi connectivity index (χ3n) is 3.60. The van der Waals surface area contributed by atoms with E-state index in [4.69, 9.17) is 5.11 Å². The Morgan fingerprint density at radius 2 is 2.10 bits per heavy atom. The predicted octanol–water partition coefficient (Wildman–Crippen LogP) is 3.49. The minimum absolute atomic E-state index is 0.0768. The first-order valence-electron chi connectivity index (χ1n) is 7.19. The molecule has 0 bridgehead atoms. The highest BCUT2D eigenvalue weighted by molar-refractivity contribution is 5.64. The molecule has 112 valence electrons. The molecular weight excluding hydrogens is 256 g/mol.